The SMILES string of the molecule is Brc1cc(-c2ccccc2)c(-c2cc(-c3ccccc3)co2)o1. The number of furan rings is 2. The minimum Gasteiger partial charge on any atom is -0.460 e. The summed E-state index contributed by atoms with van der Waals surface area (Å²) in [6.07, 6.45) is 1.76. The quantitative estimate of drug-likeness (QED) is 0.407. The van der Waals surface area contributed by atoms with Crippen LogP contribution in [0.25, 0.3) is 33.8 Å². The molecule has 0 aliphatic heterocycles. The number of halogens is 1. The van der Waals surface area contributed by atoms with Crippen LogP contribution in [-0.4, -0.2) is 0 Å². The minimum absolute atomic E-state index is 0.684. The molecule has 2 aromatic carbocycles. The predicted molar refractivity (Wildman–Crippen MR) is 95.0 cm³/mol. The third-order valence-electron chi connectivity index (χ3n) is 3.72. The highest BCUT2D eigenvalue weighted by Crippen LogP contribution is 2.39. The molecule has 0 radical (unpaired) electrons. The molecule has 0 bridgehead atoms. The van der Waals surface area contributed by atoms with Crippen molar-refractivity contribution in [3.63, 3.8) is 0 Å². The summed E-state index contributed by atoms with van der Waals surface area (Å²) in [7, 11) is 0. The molecule has 112 valence electrons. The van der Waals surface area contributed by atoms with E-state index in [0.29, 0.717) is 10.4 Å². The first kappa shape index (κ1) is 14.1. The van der Waals surface area contributed by atoms with E-state index in [9.17, 15) is 0 Å². The van der Waals surface area contributed by atoms with E-state index in [2.05, 4.69) is 40.2 Å². The van der Waals surface area contributed by atoms with Crippen molar-refractivity contribution in [1.82, 2.24) is 0 Å². The Morgan fingerprint density at radius 1 is 0.696 bits per heavy atom. The molecule has 23 heavy (non-hydrogen) atoms. The topological polar surface area (TPSA) is 26.3 Å². The number of hydrogen-bond donors (Lipinski definition) is 0. The average Bonchev–Trinajstić information content (AvgIpc) is 3.23. The van der Waals surface area contributed by atoms with Crippen molar-refractivity contribution in [2.45, 2.75) is 0 Å². The fourth-order valence-electron chi connectivity index (χ4n) is 2.61. The number of benzene rings is 2. The molecule has 2 heterocycles. The molecule has 0 saturated heterocycles. The standard InChI is InChI=1S/C20H13BrO2/c21-19-12-17(15-9-5-2-6-10-15)20(23-19)18-11-16(13-22-18)14-7-3-1-4-8-14/h1-13H. The zero-order valence-electron chi connectivity index (χ0n) is 12.2. The van der Waals surface area contributed by atoms with Gasteiger partial charge in [0.2, 0.25) is 0 Å². The summed E-state index contributed by atoms with van der Waals surface area (Å²) in [6.45, 7) is 0. The highest BCUT2D eigenvalue weighted by Gasteiger charge is 2.17. The summed E-state index contributed by atoms with van der Waals surface area (Å²) in [5.41, 5.74) is 4.25. The first-order chi connectivity index (χ1) is 11.3. The summed E-state index contributed by atoms with van der Waals surface area (Å²) in [5, 5.41) is 0. The van der Waals surface area contributed by atoms with Gasteiger partial charge in [-0.3, -0.25) is 0 Å². The van der Waals surface area contributed by atoms with E-state index >= 15 is 0 Å². The molecule has 0 spiro atoms. The molecule has 2 aromatic heterocycles. The van der Waals surface area contributed by atoms with Gasteiger partial charge in [0.15, 0.2) is 16.2 Å². The summed E-state index contributed by atoms with van der Waals surface area (Å²) in [6, 6.07) is 24.3. The Labute approximate surface area is 142 Å². The van der Waals surface area contributed by atoms with Crippen molar-refractivity contribution < 1.29 is 8.83 Å². The fraction of sp³-hybridized carbons (Fsp3) is 0. The molecule has 0 aliphatic carbocycles. The van der Waals surface area contributed by atoms with Crippen LogP contribution in [0.3, 0.4) is 0 Å². The third kappa shape index (κ3) is 2.76. The molecule has 0 saturated carbocycles. The molecule has 0 unspecified atom stereocenters. The second-order valence-electron chi connectivity index (χ2n) is 5.22. The van der Waals surface area contributed by atoms with Crippen LogP contribution in [0.1, 0.15) is 0 Å². The Hall–Kier alpha value is -2.52. The van der Waals surface area contributed by atoms with Gasteiger partial charge in [-0.05, 0) is 39.2 Å². The zero-order valence-corrected chi connectivity index (χ0v) is 13.8. The molecule has 3 heteroatoms. The Kier molecular flexibility index (Phi) is 3.64. The van der Waals surface area contributed by atoms with Crippen LogP contribution in [0.2, 0.25) is 0 Å². The molecule has 0 aliphatic rings. The van der Waals surface area contributed by atoms with Crippen molar-refractivity contribution in [1.29, 1.82) is 0 Å². The van der Waals surface area contributed by atoms with E-state index in [-0.39, 0.29) is 0 Å². The Bertz CT molecular complexity index is 921. The molecule has 4 rings (SSSR count). The van der Waals surface area contributed by atoms with Crippen molar-refractivity contribution in [3.8, 4) is 33.8 Å². The Morgan fingerprint density at radius 3 is 2.04 bits per heavy atom. The van der Waals surface area contributed by atoms with E-state index in [1.165, 1.54) is 0 Å². The molecule has 4 aromatic rings. The summed E-state index contributed by atoms with van der Waals surface area (Å²) >= 11 is 3.42. The molecule has 0 amide bonds. The van der Waals surface area contributed by atoms with Crippen LogP contribution < -0.4 is 0 Å². The van der Waals surface area contributed by atoms with Crippen molar-refractivity contribution in [2.24, 2.45) is 0 Å². The predicted octanol–water partition coefficient (Wildman–Crippen LogP) is 6.64. The normalized spacial score (nSPS) is 10.8. The van der Waals surface area contributed by atoms with E-state index in [0.717, 1.165) is 28.0 Å². The first-order valence-corrected chi connectivity index (χ1v) is 8.09. The lowest BCUT2D eigenvalue weighted by molar-refractivity contribution is 0.512. The lowest BCUT2D eigenvalue weighted by Crippen LogP contribution is -1.77. The van der Waals surface area contributed by atoms with Crippen molar-refractivity contribution in [2.75, 3.05) is 0 Å². The number of hydrogen-bond acceptors (Lipinski definition) is 2. The van der Waals surface area contributed by atoms with Gasteiger partial charge in [-0.25, -0.2) is 0 Å². The molecule has 0 atom stereocenters. The van der Waals surface area contributed by atoms with Gasteiger partial charge in [-0.1, -0.05) is 60.7 Å². The summed E-state index contributed by atoms with van der Waals surface area (Å²) in [4.78, 5) is 0. The van der Waals surface area contributed by atoms with Crippen LogP contribution in [0.4, 0.5) is 0 Å². The van der Waals surface area contributed by atoms with Gasteiger partial charge in [0.25, 0.3) is 0 Å². The van der Waals surface area contributed by atoms with Gasteiger partial charge >= 0.3 is 0 Å². The third-order valence-corrected chi connectivity index (χ3v) is 4.11. The van der Waals surface area contributed by atoms with Gasteiger partial charge in [-0.15, -0.1) is 0 Å². The van der Waals surface area contributed by atoms with Gasteiger partial charge < -0.3 is 8.83 Å². The lowest BCUT2D eigenvalue weighted by Gasteiger charge is -1.99. The van der Waals surface area contributed by atoms with Crippen molar-refractivity contribution >= 4 is 15.9 Å². The average molecular weight is 365 g/mol. The zero-order chi connectivity index (χ0) is 15.6. The largest absolute Gasteiger partial charge is 0.460 e. The summed E-state index contributed by atoms with van der Waals surface area (Å²) < 4.78 is 12.3. The highest BCUT2D eigenvalue weighted by atomic mass is 79.9. The Morgan fingerprint density at radius 2 is 1.35 bits per heavy atom. The second kappa shape index (κ2) is 5.94. The van der Waals surface area contributed by atoms with Crippen LogP contribution in [-0.2, 0) is 0 Å². The van der Waals surface area contributed by atoms with E-state index in [4.69, 9.17) is 8.83 Å². The molecule has 0 fully saturated rings. The van der Waals surface area contributed by atoms with Crippen LogP contribution >= 0.6 is 15.9 Å². The van der Waals surface area contributed by atoms with Gasteiger partial charge in [-0.2, -0.15) is 0 Å². The van der Waals surface area contributed by atoms with Gasteiger partial charge in [0.05, 0.1) is 6.26 Å². The van der Waals surface area contributed by atoms with E-state index in [1.54, 1.807) is 6.26 Å². The van der Waals surface area contributed by atoms with Gasteiger partial charge in [0, 0.05) is 11.1 Å². The summed E-state index contributed by atoms with van der Waals surface area (Å²) in [5.74, 6) is 1.44. The second-order valence-corrected chi connectivity index (χ2v) is 6.01. The number of rotatable bonds is 3. The van der Waals surface area contributed by atoms with Crippen LogP contribution in [0.5, 0.6) is 0 Å². The van der Waals surface area contributed by atoms with Gasteiger partial charge in [0.1, 0.15) is 0 Å². The monoisotopic (exact) mass is 364 g/mol. The van der Waals surface area contributed by atoms with E-state index in [1.807, 2.05) is 48.5 Å². The van der Waals surface area contributed by atoms with E-state index < -0.39 is 0 Å². The maximum atomic E-state index is 5.83. The maximum Gasteiger partial charge on any atom is 0.178 e. The maximum absolute atomic E-state index is 5.83. The van der Waals surface area contributed by atoms with Crippen LogP contribution in [0.15, 0.2) is 92.6 Å². The molecule has 2 nitrogen and oxygen atoms in total. The first-order valence-electron chi connectivity index (χ1n) is 7.30. The lowest BCUT2D eigenvalue weighted by atomic mass is 10.0. The fourth-order valence-corrected chi connectivity index (χ4v) is 3.00. The smallest absolute Gasteiger partial charge is 0.178 e. The molecular weight excluding hydrogens is 352 g/mol. The van der Waals surface area contributed by atoms with Crippen molar-refractivity contribution in [3.05, 3.63) is 83.7 Å². The molecule has 0 N–H and O–H groups in total. The minimum atomic E-state index is 0.684. The highest BCUT2D eigenvalue weighted by molar-refractivity contribution is 9.10. The molecular formula is C20H13BrO2. The van der Waals surface area contributed by atoms with Crippen LogP contribution in [0, 0.1) is 0 Å². The Balaban J connectivity index is 1.79.